The Hall–Kier alpha value is -0.520. The summed E-state index contributed by atoms with van der Waals surface area (Å²) in [6.07, 6.45) is 0.459. The van der Waals surface area contributed by atoms with Gasteiger partial charge in [0.1, 0.15) is 0 Å². The van der Waals surface area contributed by atoms with Crippen molar-refractivity contribution in [2.75, 3.05) is 18.8 Å². The number of piperidine rings is 1. The number of nitrogens with zero attached hydrogens (tertiary/aromatic N) is 1. The quantitative estimate of drug-likeness (QED) is 0.856. The van der Waals surface area contributed by atoms with Gasteiger partial charge in [-0.25, -0.2) is 0 Å². The van der Waals surface area contributed by atoms with Crippen molar-refractivity contribution in [3.63, 3.8) is 0 Å². The van der Waals surface area contributed by atoms with Crippen molar-refractivity contribution in [3.8, 4) is 0 Å². The number of aliphatic hydroxyl groups is 1. The van der Waals surface area contributed by atoms with Gasteiger partial charge in [0.2, 0.25) is 5.91 Å². The Labute approximate surface area is 110 Å². The van der Waals surface area contributed by atoms with Crippen LogP contribution in [0.4, 0.5) is 0 Å². The number of carbonyl (C=O) groups is 1. The Balaban J connectivity index is 1.80. The van der Waals surface area contributed by atoms with Crippen molar-refractivity contribution < 1.29 is 9.90 Å². The first-order valence-electron chi connectivity index (χ1n) is 5.79. The second-order valence-electron chi connectivity index (χ2n) is 4.39. The van der Waals surface area contributed by atoms with Crippen LogP contribution in [0.25, 0.3) is 0 Å². The molecule has 3 nitrogen and oxygen atoms in total. The molecule has 2 unspecified atom stereocenters. The number of thioether (sulfide) groups is 1. The average molecular weight is 271 g/mol. The summed E-state index contributed by atoms with van der Waals surface area (Å²) < 4.78 is 1.18. The number of hydrogen-bond donors (Lipinski definition) is 1. The third-order valence-corrected chi connectivity index (χ3v) is 5.16. The maximum Gasteiger partial charge on any atom is 0.232 e. The smallest absolute Gasteiger partial charge is 0.232 e. The highest BCUT2D eigenvalue weighted by molar-refractivity contribution is 8.01. The summed E-state index contributed by atoms with van der Waals surface area (Å²) in [6.45, 7) is 3.37. The zero-order chi connectivity index (χ0) is 12.3. The summed E-state index contributed by atoms with van der Waals surface area (Å²) in [4.78, 5) is 13.8. The third-order valence-electron chi connectivity index (χ3n) is 3.05. The van der Waals surface area contributed by atoms with Crippen LogP contribution in [0.5, 0.6) is 0 Å². The standard InChI is InChI=1S/C12H17NO2S2/c1-9-7-13(5-4-10(9)14)11(15)8-17-12-3-2-6-16-12/h2-3,6,9-10,14H,4-5,7-8H2,1H3. The van der Waals surface area contributed by atoms with Crippen LogP contribution in [0, 0.1) is 5.92 Å². The first-order valence-corrected chi connectivity index (χ1v) is 7.65. The average Bonchev–Trinajstić information content (AvgIpc) is 2.82. The number of amides is 1. The molecule has 0 bridgehead atoms. The minimum atomic E-state index is -0.246. The molecule has 2 atom stereocenters. The van der Waals surface area contributed by atoms with Gasteiger partial charge in [0, 0.05) is 13.1 Å². The summed E-state index contributed by atoms with van der Waals surface area (Å²) >= 11 is 3.26. The van der Waals surface area contributed by atoms with Crippen LogP contribution >= 0.6 is 23.1 Å². The van der Waals surface area contributed by atoms with E-state index in [1.54, 1.807) is 23.1 Å². The van der Waals surface area contributed by atoms with Crippen LogP contribution < -0.4 is 0 Å². The molecule has 1 aliphatic heterocycles. The lowest BCUT2D eigenvalue weighted by molar-refractivity contribution is -0.131. The van der Waals surface area contributed by atoms with Gasteiger partial charge in [0.05, 0.1) is 16.1 Å². The van der Waals surface area contributed by atoms with Gasteiger partial charge in [0.15, 0.2) is 0 Å². The third kappa shape index (κ3) is 3.47. The molecule has 2 heterocycles. The highest BCUT2D eigenvalue weighted by Crippen LogP contribution is 2.24. The predicted octanol–water partition coefficient (Wildman–Crippen LogP) is 2.07. The van der Waals surface area contributed by atoms with Crippen molar-refractivity contribution >= 4 is 29.0 Å². The fourth-order valence-electron chi connectivity index (χ4n) is 1.93. The fraction of sp³-hybridized carbons (Fsp3) is 0.583. The van der Waals surface area contributed by atoms with Gasteiger partial charge >= 0.3 is 0 Å². The molecule has 5 heteroatoms. The fourth-order valence-corrected chi connectivity index (χ4v) is 3.62. The van der Waals surface area contributed by atoms with Crippen molar-refractivity contribution in [2.24, 2.45) is 5.92 Å². The van der Waals surface area contributed by atoms with Crippen molar-refractivity contribution in [1.82, 2.24) is 4.90 Å². The van der Waals surface area contributed by atoms with E-state index in [0.29, 0.717) is 25.3 Å². The topological polar surface area (TPSA) is 40.5 Å². The lowest BCUT2D eigenvalue weighted by Crippen LogP contribution is -2.45. The summed E-state index contributed by atoms with van der Waals surface area (Å²) in [6, 6.07) is 4.03. The Bertz CT molecular complexity index is 367. The summed E-state index contributed by atoms with van der Waals surface area (Å²) in [5.74, 6) is 0.880. The molecule has 1 aliphatic rings. The van der Waals surface area contributed by atoms with E-state index >= 15 is 0 Å². The highest BCUT2D eigenvalue weighted by Gasteiger charge is 2.26. The summed E-state index contributed by atoms with van der Waals surface area (Å²) in [7, 11) is 0. The second kappa shape index (κ2) is 5.89. The lowest BCUT2D eigenvalue weighted by atomic mass is 9.97. The van der Waals surface area contributed by atoms with Gasteiger partial charge in [0.25, 0.3) is 0 Å². The number of hydrogen-bond acceptors (Lipinski definition) is 4. The molecule has 1 N–H and O–H groups in total. The van der Waals surface area contributed by atoms with Crippen LogP contribution in [0.2, 0.25) is 0 Å². The molecule has 0 aromatic carbocycles. The van der Waals surface area contributed by atoms with Crippen molar-refractivity contribution in [3.05, 3.63) is 17.5 Å². The molecule has 1 amide bonds. The molecule has 0 radical (unpaired) electrons. The van der Waals surface area contributed by atoms with E-state index in [4.69, 9.17) is 0 Å². The van der Waals surface area contributed by atoms with Crippen LogP contribution in [0.3, 0.4) is 0 Å². The summed E-state index contributed by atoms with van der Waals surface area (Å²) in [5.41, 5.74) is 0. The van der Waals surface area contributed by atoms with Gasteiger partial charge in [-0.3, -0.25) is 4.79 Å². The van der Waals surface area contributed by atoms with Crippen LogP contribution in [0.15, 0.2) is 21.7 Å². The molecule has 1 saturated heterocycles. The molecule has 0 spiro atoms. The SMILES string of the molecule is CC1CN(C(=O)CSc2cccs2)CCC1O. The zero-order valence-corrected chi connectivity index (χ0v) is 11.5. The van der Waals surface area contributed by atoms with Gasteiger partial charge in [-0.15, -0.1) is 23.1 Å². The van der Waals surface area contributed by atoms with E-state index in [1.807, 2.05) is 29.3 Å². The molecule has 1 aromatic rings. The molecule has 0 aliphatic carbocycles. The first kappa shape index (κ1) is 12.9. The molecule has 1 fully saturated rings. The van der Waals surface area contributed by atoms with E-state index in [9.17, 15) is 9.90 Å². The van der Waals surface area contributed by atoms with E-state index in [-0.39, 0.29) is 17.9 Å². The normalized spacial score (nSPS) is 24.9. The van der Waals surface area contributed by atoms with Crippen LogP contribution in [0.1, 0.15) is 13.3 Å². The maximum atomic E-state index is 12.0. The molecule has 2 rings (SSSR count). The minimum Gasteiger partial charge on any atom is -0.393 e. The zero-order valence-electron chi connectivity index (χ0n) is 9.83. The van der Waals surface area contributed by atoms with Crippen LogP contribution in [-0.4, -0.2) is 40.9 Å². The predicted molar refractivity (Wildman–Crippen MR) is 71.4 cm³/mol. The van der Waals surface area contributed by atoms with E-state index < -0.39 is 0 Å². The second-order valence-corrected chi connectivity index (χ2v) is 6.62. The van der Waals surface area contributed by atoms with E-state index in [1.165, 1.54) is 4.21 Å². The Morgan fingerprint density at radius 2 is 2.53 bits per heavy atom. The van der Waals surface area contributed by atoms with Gasteiger partial charge < -0.3 is 10.0 Å². The van der Waals surface area contributed by atoms with Gasteiger partial charge in [-0.1, -0.05) is 13.0 Å². The first-order chi connectivity index (χ1) is 8.16. The Kier molecular flexibility index (Phi) is 4.48. The number of aliphatic hydroxyl groups excluding tert-OH is 1. The minimum absolute atomic E-state index is 0.183. The van der Waals surface area contributed by atoms with Gasteiger partial charge in [-0.2, -0.15) is 0 Å². The van der Waals surface area contributed by atoms with Gasteiger partial charge in [-0.05, 0) is 23.8 Å². The number of thiophene rings is 1. The molecular weight excluding hydrogens is 254 g/mol. The largest absolute Gasteiger partial charge is 0.393 e. The lowest BCUT2D eigenvalue weighted by Gasteiger charge is -2.34. The Morgan fingerprint density at radius 3 is 3.18 bits per heavy atom. The van der Waals surface area contributed by atoms with E-state index in [2.05, 4.69) is 0 Å². The monoisotopic (exact) mass is 271 g/mol. The molecule has 0 saturated carbocycles. The van der Waals surface area contributed by atoms with Crippen molar-refractivity contribution in [2.45, 2.75) is 23.7 Å². The number of carbonyl (C=O) groups excluding carboxylic acids is 1. The molecule has 17 heavy (non-hydrogen) atoms. The number of rotatable bonds is 3. The van der Waals surface area contributed by atoms with E-state index in [0.717, 1.165) is 0 Å². The molecule has 1 aromatic heterocycles. The molecular formula is C12H17NO2S2. The highest BCUT2D eigenvalue weighted by atomic mass is 32.2. The Morgan fingerprint density at radius 1 is 1.71 bits per heavy atom. The molecule has 94 valence electrons. The maximum absolute atomic E-state index is 12.0. The summed E-state index contributed by atoms with van der Waals surface area (Å²) in [5, 5.41) is 11.6. The number of likely N-dealkylation sites (tertiary alicyclic amines) is 1. The van der Waals surface area contributed by atoms with Crippen LogP contribution in [-0.2, 0) is 4.79 Å². The van der Waals surface area contributed by atoms with Crippen molar-refractivity contribution in [1.29, 1.82) is 0 Å².